The van der Waals surface area contributed by atoms with Crippen LogP contribution in [0.15, 0.2) is 42.7 Å². The lowest BCUT2D eigenvalue weighted by molar-refractivity contribution is 0.440. The van der Waals surface area contributed by atoms with Crippen molar-refractivity contribution in [2.24, 2.45) is 0 Å². The van der Waals surface area contributed by atoms with E-state index in [4.69, 9.17) is 16.3 Å². The fraction of sp³-hybridized carbons (Fsp3) is 0.125. The normalized spacial score (nSPS) is 13.5. The summed E-state index contributed by atoms with van der Waals surface area (Å²) in [7, 11) is 0. The van der Waals surface area contributed by atoms with E-state index in [-0.39, 0.29) is 5.75 Å². The predicted octanol–water partition coefficient (Wildman–Crippen LogP) is 4.33. The number of hydrogen-bond donors (Lipinski definition) is 1. The largest absolute Gasteiger partial charge is 0.508 e. The van der Waals surface area contributed by atoms with Crippen molar-refractivity contribution in [2.45, 2.75) is 13.3 Å². The van der Waals surface area contributed by atoms with Crippen molar-refractivity contribution in [1.82, 2.24) is 0 Å². The number of halogens is 1. The highest BCUT2D eigenvalue weighted by molar-refractivity contribution is 6.30. The molecule has 0 spiro atoms. The van der Waals surface area contributed by atoms with E-state index in [1.165, 1.54) is 0 Å². The first-order valence-electron chi connectivity index (χ1n) is 6.08. The lowest BCUT2D eigenvalue weighted by Gasteiger charge is -2.20. The number of benzene rings is 2. The van der Waals surface area contributed by atoms with Gasteiger partial charge < -0.3 is 9.84 Å². The van der Waals surface area contributed by atoms with Crippen molar-refractivity contribution in [3.63, 3.8) is 0 Å². The Balaban J connectivity index is 1.96. The quantitative estimate of drug-likeness (QED) is 0.837. The van der Waals surface area contributed by atoms with E-state index in [0.29, 0.717) is 0 Å². The van der Waals surface area contributed by atoms with Gasteiger partial charge in [-0.25, -0.2) is 0 Å². The number of allylic oxidation sites excluding steroid dienone is 1. The topological polar surface area (TPSA) is 29.5 Å². The van der Waals surface area contributed by atoms with E-state index in [0.717, 1.165) is 39.5 Å². The number of phenols is 1. The second-order valence-electron chi connectivity index (χ2n) is 4.64. The Bertz CT molecular complexity index is 657. The molecule has 3 rings (SSSR count). The number of aromatic hydroxyl groups is 1. The third-order valence-corrected chi connectivity index (χ3v) is 3.63. The summed E-state index contributed by atoms with van der Waals surface area (Å²) in [5.41, 5.74) is 4.07. The van der Waals surface area contributed by atoms with Gasteiger partial charge in [-0.15, -0.1) is 0 Å². The van der Waals surface area contributed by atoms with Gasteiger partial charge >= 0.3 is 0 Å². The molecule has 1 aliphatic heterocycles. The van der Waals surface area contributed by atoms with Crippen LogP contribution in [0.3, 0.4) is 0 Å². The van der Waals surface area contributed by atoms with E-state index < -0.39 is 0 Å². The lowest BCUT2D eigenvalue weighted by Crippen LogP contribution is -2.04. The van der Waals surface area contributed by atoms with Crippen LogP contribution >= 0.6 is 11.6 Å². The minimum atomic E-state index is 0.266. The van der Waals surface area contributed by atoms with Gasteiger partial charge in [0.1, 0.15) is 11.5 Å². The summed E-state index contributed by atoms with van der Waals surface area (Å²) in [4.78, 5) is 0. The first kappa shape index (κ1) is 12.1. The third kappa shape index (κ3) is 2.20. The second-order valence-corrected chi connectivity index (χ2v) is 5.08. The van der Waals surface area contributed by atoms with Gasteiger partial charge in [-0.3, -0.25) is 0 Å². The molecule has 2 aromatic rings. The average molecular weight is 273 g/mol. The summed E-state index contributed by atoms with van der Waals surface area (Å²) in [5.74, 6) is 1.03. The van der Waals surface area contributed by atoms with Crippen molar-refractivity contribution in [1.29, 1.82) is 0 Å². The molecule has 0 aromatic heterocycles. The van der Waals surface area contributed by atoms with Gasteiger partial charge in [0.05, 0.1) is 6.26 Å². The molecule has 0 aliphatic carbocycles. The molecular formula is C16H13ClO2. The van der Waals surface area contributed by atoms with E-state index in [2.05, 4.69) is 0 Å². The maximum atomic E-state index is 9.67. The van der Waals surface area contributed by atoms with Crippen molar-refractivity contribution < 1.29 is 9.84 Å². The Morgan fingerprint density at radius 3 is 2.58 bits per heavy atom. The monoisotopic (exact) mass is 272 g/mol. The highest BCUT2D eigenvalue weighted by Gasteiger charge is 2.17. The molecule has 2 nitrogen and oxygen atoms in total. The van der Waals surface area contributed by atoms with Crippen molar-refractivity contribution >= 4 is 17.2 Å². The molecule has 0 fully saturated rings. The molecule has 96 valence electrons. The summed E-state index contributed by atoms with van der Waals surface area (Å²) in [6, 6.07) is 11.3. The van der Waals surface area contributed by atoms with Crippen LogP contribution in [0.25, 0.3) is 5.57 Å². The smallest absolute Gasteiger partial charge is 0.136 e. The Morgan fingerprint density at radius 2 is 1.84 bits per heavy atom. The molecular weight excluding hydrogens is 260 g/mol. The minimum absolute atomic E-state index is 0.266. The number of phenolic OH excluding ortho intramolecular Hbond substituents is 1. The molecule has 0 unspecified atom stereocenters. The fourth-order valence-electron chi connectivity index (χ4n) is 2.25. The molecule has 0 bridgehead atoms. The van der Waals surface area contributed by atoms with Gasteiger partial charge in [-0.1, -0.05) is 29.8 Å². The van der Waals surface area contributed by atoms with E-state index in [1.807, 2.05) is 37.3 Å². The Labute approximate surface area is 116 Å². The first-order chi connectivity index (χ1) is 9.15. The summed E-state index contributed by atoms with van der Waals surface area (Å²) in [5, 5.41) is 10.4. The van der Waals surface area contributed by atoms with Gasteiger partial charge in [0.2, 0.25) is 0 Å². The van der Waals surface area contributed by atoms with Crippen LogP contribution < -0.4 is 4.74 Å². The van der Waals surface area contributed by atoms with Gasteiger partial charge in [0.15, 0.2) is 0 Å². The molecule has 0 atom stereocenters. The summed E-state index contributed by atoms with van der Waals surface area (Å²) >= 11 is 5.89. The number of rotatable bonds is 1. The van der Waals surface area contributed by atoms with Gasteiger partial charge in [0.25, 0.3) is 0 Å². The molecule has 1 heterocycles. The highest BCUT2D eigenvalue weighted by Crippen LogP contribution is 2.37. The summed E-state index contributed by atoms with van der Waals surface area (Å²) in [6.45, 7) is 1.86. The minimum Gasteiger partial charge on any atom is -0.508 e. The molecule has 1 N–H and O–H groups in total. The van der Waals surface area contributed by atoms with Crippen molar-refractivity contribution in [2.75, 3.05) is 0 Å². The average Bonchev–Trinajstić information content (AvgIpc) is 2.43. The molecule has 0 radical (unpaired) electrons. The van der Waals surface area contributed by atoms with Crippen LogP contribution in [0, 0.1) is 6.92 Å². The van der Waals surface area contributed by atoms with Crippen LogP contribution in [0.1, 0.15) is 16.7 Å². The second kappa shape index (κ2) is 4.63. The van der Waals surface area contributed by atoms with Gasteiger partial charge in [0, 0.05) is 17.0 Å². The molecule has 0 saturated heterocycles. The zero-order valence-corrected chi connectivity index (χ0v) is 11.2. The van der Waals surface area contributed by atoms with Gasteiger partial charge in [-0.05, 0) is 41.8 Å². The number of hydrogen-bond acceptors (Lipinski definition) is 2. The third-order valence-electron chi connectivity index (χ3n) is 3.37. The SMILES string of the molecule is Cc1c(O)ccc2c1OC=C(c1ccc(Cl)cc1)C2. The highest BCUT2D eigenvalue weighted by atomic mass is 35.5. The standard InChI is InChI=1S/C16H13ClO2/c1-10-15(18)7-4-12-8-13(9-19-16(10)12)11-2-5-14(17)6-3-11/h2-7,9,18H,8H2,1H3. The molecule has 19 heavy (non-hydrogen) atoms. The Kier molecular flexibility index (Phi) is 2.96. The van der Waals surface area contributed by atoms with Crippen molar-refractivity contribution in [3.8, 4) is 11.5 Å². The Morgan fingerprint density at radius 1 is 1.11 bits per heavy atom. The Hall–Kier alpha value is -1.93. The van der Waals surface area contributed by atoms with Crippen LogP contribution in [0.5, 0.6) is 11.5 Å². The molecule has 0 saturated carbocycles. The molecule has 3 heteroatoms. The fourth-order valence-corrected chi connectivity index (χ4v) is 2.38. The number of ether oxygens (including phenoxy) is 1. The summed E-state index contributed by atoms with van der Waals surface area (Å²) in [6.07, 6.45) is 2.54. The van der Waals surface area contributed by atoms with E-state index >= 15 is 0 Å². The van der Waals surface area contributed by atoms with E-state index in [9.17, 15) is 5.11 Å². The zero-order valence-electron chi connectivity index (χ0n) is 10.5. The van der Waals surface area contributed by atoms with Crippen LogP contribution in [-0.2, 0) is 6.42 Å². The summed E-state index contributed by atoms with van der Waals surface area (Å²) < 4.78 is 5.68. The lowest BCUT2D eigenvalue weighted by atomic mass is 9.95. The molecule has 2 aromatic carbocycles. The maximum Gasteiger partial charge on any atom is 0.136 e. The predicted molar refractivity (Wildman–Crippen MR) is 76.6 cm³/mol. The van der Waals surface area contributed by atoms with Crippen molar-refractivity contribution in [3.05, 3.63) is 64.4 Å². The molecule has 1 aliphatic rings. The first-order valence-corrected chi connectivity index (χ1v) is 6.46. The maximum absolute atomic E-state index is 9.67. The zero-order chi connectivity index (χ0) is 13.4. The van der Waals surface area contributed by atoms with Crippen LogP contribution in [0.4, 0.5) is 0 Å². The van der Waals surface area contributed by atoms with E-state index in [1.54, 1.807) is 12.3 Å². The number of fused-ring (bicyclic) bond motifs is 1. The van der Waals surface area contributed by atoms with Crippen LogP contribution in [-0.4, -0.2) is 5.11 Å². The van der Waals surface area contributed by atoms with Gasteiger partial charge in [-0.2, -0.15) is 0 Å². The molecule has 0 amide bonds. The van der Waals surface area contributed by atoms with Crippen LogP contribution in [0.2, 0.25) is 5.02 Å².